The number of hydrogen-bond donors (Lipinski definition) is 2. The molecule has 0 spiro atoms. The minimum Gasteiger partial charge on any atom is -0.506 e. The first-order chi connectivity index (χ1) is 6.45. The van der Waals surface area contributed by atoms with Gasteiger partial charge in [0.15, 0.2) is 0 Å². The molecule has 76 valence electrons. The highest BCUT2D eigenvalue weighted by Gasteiger charge is 2.23. The van der Waals surface area contributed by atoms with Crippen LogP contribution < -0.4 is 0 Å². The fourth-order valence-corrected chi connectivity index (χ4v) is 1.05. The summed E-state index contributed by atoms with van der Waals surface area (Å²) in [6.45, 7) is 1.24. The van der Waals surface area contributed by atoms with Crippen LogP contribution in [0.4, 0.5) is 8.78 Å². The summed E-state index contributed by atoms with van der Waals surface area (Å²) in [5.74, 6) is -1.94. The van der Waals surface area contributed by atoms with Gasteiger partial charge in [0.1, 0.15) is 11.4 Å². The number of pyridine rings is 1. The minimum absolute atomic E-state index is 0.109. The van der Waals surface area contributed by atoms with Crippen molar-refractivity contribution in [2.75, 3.05) is 0 Å². The van der Waals surface area contributed by atoms with E-state index < -0.39 is 29.4 Å². The molecule has 1 rings (SSSR count). The van der Waals surface area contributed by atoms with Crippen LogP contribution in [0, 0.1) is 6.92 Å². The molecule has 0 atom stereocenters. The van der Waals surface area contributed by atoms with Gasteiger partial charge in [0.2, 0.25) is 0 Å². The lowest BCUT2D eigenvalue weighted by Gasteiger charge is -2.07. The Balaban J connectivity index is 3.45. The van der Waals surface area contributed by atoms with Gasteiger partial charge in [-0.2, -0.15) is 0 Å². The van der Waals surface area contributed by atoms with Crippen LogP contribution in [-0.4, -0.2) is 21.2 Å². The highest BCUT2D eigenvalue weighted by molar-refractivity contribution is 5.91. The summed E-state index contributed by atoms with van der Waals surface area (Å²) in [4.78, 5) is 13.8. The molecule has 0 saturated carbocycles. The SMILES string of the molecule is Cc1c(O)cnc(C(F)F)c1C(=O)O. The molecule has 0 radical (unpaired) electrons. The van der Waals surface area contributed by atoms with Crippen molar-refractivity contribution in [3.63, 3.8) is 0 Å². The van der Waals surface area contributed by atoms with Crippen molar-refractivity contribution in [2.45, 2.75) is 13.3 Å². The Morgan fingerprint density at radius 1 is 1.57 bits per heavy atom. The van der Waals surface area contributed by atoms with Gasteiger partial charge in [0, 0.05) is 5.56 Å². The normalized spacial score (nSPS) is 10.6. The van der Waals surface area contributed by atoms with Crippen molar-refractivity contribution in [3.8, 4) is 5.75 Å². The number of rotatable bonds is 2. The van der Waals surface area contributed by atoms with Crippen LogP contribution in [0.15, 0.2) is 6.20 Å². The van der Waals surface area contributed by atoms with Crippen LogP contribution in [0.3, 0.4) is 0 Å². The zero-order valence-electron chi connectivity index (χ0n) is 7.16. The summed E-state index contributed by atoms with van der Waals surface area (Å²) < 4.78 is 24.6. The van der Waals surface area contributed by atoms with E-state index in [9.17, 15) is 13.6 Å². The molecule has 0 aliphatic rings. The molecule has 0 saturated heterocycles. The lowest BCUT2D eigenvalue weighted by molar-refractivity contribution is 0.0680. The fraction of sp³-hybridized carbons (Fsp3) is 0.250. The fourth-order valence-electron chi connectivity index (χ4n) is 1.05. The highest BCUT2D eigenvalue weighted by atomic mass is 19.3. The molecule has 4 nitrogen and oxygen atoms in total. The van der Waals surface area contributed by atoms with Gasteiger partial charge < -0.3 is 10.2 Å². The van der Waals surface area contributed by atoms with Crippen LogP contribution >= 0.6 is 0 Å². The maximum absolute atomic E-state index is 12.3. The predicted octanol–water partition coefficient (Wildman–Crippen LogP) is 1.73. The maximum Gasteiger partial charge on any atom is 0.338 e. The third-order valence-electron chi connectivity index (χ3n) is 1.76. The molecule has 14 heavy (non-hydrogen) atoms. The Kier molecular flexibility index (Phi) is 2.64. The van der Waals surface area contributed by atoms with Crippen LogP contribution in [0.1, 0.15) is 28.0 Å². The van der Waals surface area contributed by atoms with E-state index in [0.29, 0.717) is 0 Å². The molecule has 0 aliphatic carbocycles. The van der Waals surface area contributed by atoms with Gasteiger partial charge in [-0.1, -0.05) is 0 Å². The second kappa shape index (κ2) is 3.57. The van der Waals surface area contributed by atoms with Crippen LogP contribution in [0.5, 0.6) is 5.75 Å². The van der Waals surface area contributed by atoms with E-state index in [2.05, 4.69) is 4.98 Å². The van der Waals surface area contributed by atoms with Crippen LogP contribution in [0.25, 0.3) is 0 Å². The summed E-state index contributed by atoms with van der Waals surface area (Å²) in [6, 6.07) is 0. The summed E-state index contributed by atoms with van der Waals surface area (Å²) in [5, 5.41) is 17.7. The Morgan fingerprint density at radius 3 is 2.57 bits per heavy atom. The maximum atomic E-state index is 12.3. The monoisotopic (exact) mass is 203 g/mol. The van der Waals surface area contributed by atoms with Gasteiger partial charge in [0.25, 0.3) is 6.43 Å². The Bertz CT molecular complexity index is 379. The number of hydrogen-bond acceptors (Lipinski definition) is 3. The largest absolute Gasteiger partial charge is 0.506 e. The van der Waals surface area contributed by atoms with Gasteiger partial charge in [0.05, 0.1) is 11.8 Å². The molecule has 0 fully saturated rings. The second-order valence-corrected chi connectivity index (χ2v) is 2.63. The summed E-state index contributed by atoms with van der Waals surface area (Å²) >= 11 is 0. The van der Waals surface area contributed by atoms with Gasteiger partial charge in [-0.3, -0.25) is 4.98 Å². The number of aromatic carboxylic acids is 1. The number of carbonyl (C=O) groups is 1. The van der Waals surface area contributed by atoms with Crippen molar-refractivity contribution >= 4 is 5.97 Å². The van der Waals surface area contributed by atoms with E-state index in [1.54, 1.807) is 0 Å². The van der Waals surface area contributed by atoms with Gasteiger partial charge in [-0.25, -0.2) is 13.6 Å². The highest BCUT2D eigenvalue weighted by Crippen LogP contribution is 2.27. The molecule has 0 bridgehead atoms. The van der Waals surface area contributed by atoms with Gasteiger partial charge in [-0.05, 0) is 6.92 Å². The van der Waals surface area contributed by atoms with E-state index in [1.165, 1.54) is 6.92 Å². The van der Waals surface area contributed by atoms with Crippen molar-refractivity contribution in [1.29, 1.82) is 0 Å². The van der Waals surface area contributed by atoms with Gasteiger partial charge >= 0.3 is 5.97 Å². The molecule has 1 aromatic heterocycles. The molecule has 0 aromatic carbocycles. The second-order valence-electron chi connectivity index (χ2n) is 2.63. The number of aromatic nitrogens is 1. The summed E-state index contributed by atoms with van der Waals surface area (Å²) in [6.07, 6.45) is -2.16. The lowest BCUT2D eigenvalue weighted by Crippen LogP contribution is -2.08. The van der Waals surface area contributed by atoms with Crippen molar-refractivity contribution < 1.29 is 23.8 Å². The van der Waals surface area contributed by atoms with Gasteiger partial charge in [-0.15, -0.1) is 0 Å². The first-order valence-corrected chi connectivity index (χ1v) is 3.65. The van der Waals surface area contributed by atoms with Crippen molar-refractivity contribution in [3.05, 3.63) is 23.0 Å². The van der Waals surface area contributed by atoms with Crippen LogP contribution in [-0.2, 0) is 0 Å². The molecule has 1 heterocycles. The van der Waals surface area contributed by atoms with Crippen molar-refractivity contribution in [1.82, 2.24) is 4.98 Å². The zero-order valence-corrected chi connectivity index (χ0v) is 7.16. The predicted molar refractivity (Wildman–Crippen MR) is 42.6 cm³/mol. The minimum atomic E-state index is -2.97. The molecule has 2 N–H and O–H groups in total. The lowest BCUT2D eigenvalue weighted by atomic mass is 10.1. The Labute approximate surface area is 77.8 Å². The number of aromatic hydroxyl groups is 1. The molecular formula is C8H7F2NO3. The topological polar surface area (TPSA) is 70.4 Å². The Hall–Kier alpha value is -1.72. The number of carboxylic acids is 1. The number of halogens is 2. The summed E-state index contributed by atoms with van der Waals surface area (Å²) in [7, 11) is 0. The van der Waals surface area contributed by atoms with E-state index in [1.807, 2.05) is 0 Å². The number of carboxylic acid groups (broad SMARTS) is 1. The quantitative estimate of drug-likeness (QED) is 0.767. The molecule has 0 unspecified atom stereocenters. The third-order valence-corrected chi connectivity index (χ3v) is 1.76. The molecule has 6 heteroatoms. The first-order valence-electron chi connectivity index (χ1n) is 3.65. The molecular weight excluding hydrogens is 196 g/mol. The smallest absolute Gasteiger partial charge is 0.338 e. The third kappa shape index (κ3) is 1.63. The van der Waals surface area contributed by atoms with E-state index >= 15 is 0 Å². The Morgan fingerprint density at radius 2 is 2.14 bits per heavy atom. The summed E-state index contributed by atoms with van der Waals surface area (Å²) in [5.41, 5.74) is -1.57. The van der Waals surface area contributed by atoms with E-state index in [-0.39, 0.29) is 5.56 Å². The number of alkyl halides is 2. The molecule has 0 amide bonds. The standard InChI is InChI=1S/C8H7F2NO3/c1-3-4(12)2-11-6(7(9)10)5(3)8(13)14/h2,7,12H,1H3,(H,13,14). The van der Waals surface area contributed by atoms with Crippen molar-refractivity contribution in [2.24, 2.45) is 0 Å². The number of nitrogens with zero attached hydrogens (tertiary/aromatic N) is 1. The zero-order chi connectivity index (χ0) is 10.9. The van der Waals surface area contributed by atoms with Crippen LogP contribution in [0.2, 0.25) is 0 Å². The molecule has 0 aliphatic heterocycles. The average molecular weight is 203 g/mol. The van der Waals surface area contributed by atoms with E-state index in [0.717, 1.165) is 6.20 Å². The first kappa shape index (κ1) is 10.4. The molecule has 1 aromatic rings. The van der Waals surface area contributed by atoms with E-state index in [4.69, 9.17) is 10.2 Å². The average Bonchev–Trinajstić information content (AvgIpc) is 2.08.